The zero-order valence-electron chi connectivity index (χ0n) is 11.7. The minimum atomic E-state index is 0.0731. The largest absolute Gasteiger partial charge is 0.355 e. The highest BCUT2D eigenvalue weighted by Crippen LogP contribution is 2.28. The van der Waals surface area contributed by atoms with Crippen LogP contribution in [0, 0.1) is 6.92 Å². The van der Waals surface area contributed by atoms with Crippen molar-refractivity contribution in [1.29, 1.82) is 0 Å². The second-order valence-electron chi connectivity index (χ2n) is 4.50. The molecule has 0 bridgehead atoms. The maximum atomic E-state index is 11.5. The van der Waals surface area contributed by atoms with Gasteiger partial charge < -0.3 is 5.32 Å². The molecule has 5 heteroatoms. The maximum absolute atomic E-state index is 11.5. The van der Waals surface area contributed by atoms with E-state index in [0.717, 1.165) is 28.6 Å². The Morgan fingerprint density at radius 2 is 2.10 bits per heavy atom. The van der Waals surface area contributed by atoms with Gasteiger partial charge in [-0.25, -0.2) is 4.98 Å². The number of rotatable bonds is 6. The molecule has 0 aliphatic heterocycles. The number of amides is 1. The molecule has 0 spiro atoms. The SMILES string of the molecule is CCCNC(=O)CSc1nc(-c2ccc(C)cc2)cs1. The summed E-state index contributed by atoms with van der Waals surface area (Å²) in [5.74, 6) is 0.504. The van der Waals surface area contributed by atoms with Crippen LogP contribution >= 0.6 is 23.1 Å². The smallest absolute Gasteiger partial charge is 0.230 e. The normalized spacial score (nSPS) is 10.5. The second-order valence-corrected chi connectivity index (χ2v) is 6.58. The van der Waals surface area contributed by atoms with E-state index in [2.05, 4.69) is 41.5 Å². The summed E-state index contributed by atoms with van der Waals surface area (Å²) in [4.78, 5) is 16.1. The first-order valence-electron chi connectivity index (χ1n) is 6.61. The summed E-state index contributed by atoms with van der Waals surface area (Å²) in [6.07, 6.45) is 0.964. The Labute approximate surface area is 127 Å². The van der Waals surface area contributed by atoms with Crippen LogP contribution in [0.2, 0.25) is 0 Å². The number of hydrogen-bond acceptors (Lipinski definition) is 4. The third kappa shape index (κ3) is 4.35. The second kappa shape index (κ2) is 7.45. The van der Waals surface area contributed by atoms with Crippen LogP contribution in [0.5, 0.6) is 0 Å². The number of hydrogen-bond donors (Lipinski definition) is 1. The van der Waals surface area contributed by atoms with Gasteiger partial charge in [0.1, 0.15) is 0 Å². The van der Waals surface area contributed by atoms with Gasteiger partial charge >= 0.3 is 0 Å². The molecule has 2 aromatic rings. The lowest BCUT2D eigenvalue weighted by Gasteiger charge is -2.01. The van der Waals surface area contributed by atoms with Gasteiger partial charge in [-0.05, 0) is 13.3 Å². The van der Waals surface area contributed by atoms with Crippen LogP contribution in [0.25, 0.3) is 11.3 Å². The summed E-state index contributed by atoms with van der Waals surface area (Å²) in [6.45, 7) is 4.86. The summed E-state index contributed by atoms with van der Waals surface area (Å²) in [5.41, 5.74) is 3.34. The summed E-state index contributed by atoms with van der Waals surface area (Å²) < 4.78 is 0.937. The fourth-order valence-electron chi connectivity index (χ4n) is 1.62. The first-order valence-corrected chi connectivity index (χ1v) is 8.47. The molecular weight excluding hydrogens is 288 g/mol. The Morgan fingerprint density at radius 3 is 2.80 bits per heavy atom. The molecule has 0 fully saturated rings. The van der Waals surface area contributed by atoms with E-state index >= 15 is 0 Å². The zero-order chi connectivity index (χ0) is 14.4. The van der Waals surface area contributed by atoms with E-state index in [1.54, 1.807) is 11.3 Å². The van der Waals surface area contributed by atoms with Crippen molar-refractivity contribution in [3.05, 3.63) is 35.2 Å². The molecule has 0 saturated heterocycles. The van der Waals surface area contributed by atoms with Gasteiger partial charge in [-0.2, -0.15) is 0 Å². The quantitative estimate of drug-likeness (QED) is 0.827. The molecule has 0 radical (unpaired) electrons. The number of benzene rings is 1. The van der Waals surface area contributed by atoms with Gasteiger partial charge in [-0.3, -0.25) is 4.79 Å². The van der Waals surface area contributed by atoms with Gasteiger partial charge in [0.15, 0.2) is 4.34 Å². The Bertz CT molecular complexity index is 564. The lowest BCUT2D eigenvalue weighted by atomic mass is 10.1. The highest BCUT2D eigenvalue weighted by molar-refractivity contribution is 8.01. The first kappa shape index (κ1) is 15.1. The number of aromatic nitrogens is 1. The van der Waals surface area contributed by atoms with E-state index in [9.17, 15) is 4.79 Å². The number of carbonyl (C=O) groups is 1. The fraction of sp³-hybridized carbons (Fsp3) is 0.333. The van der Waals surface area contributed by atoms with Crippen molar-refractivity contribution in [2.45, 2.75) is 24.6 Å². The standard InChI is InChI=1S/C15H18N2OS2/c1-3-8-16-14(18)10-20-15-17-13(9-19-15)12-6-4-11(2)5-7-12/h4-7,9H,3,8,10H2,1-2H3,(H,16,18). The van der Waals surface area contributed by atoms with Crippen LogP contribution < -0.4 is 5.32 Å². The number of nitrogens with one attached hydrogen (secondary N) is 1. The van der Waals surface area contributed by atoms with Crippen LogP contribution in [-0.2, 0) is 4.79 Å². The summed E-state index contributed by atoms with van der Waals surface area (Å²) in [5, 5.41) is 4.90. The van der Waals surface area contributed by atoms with Crippen molar-refractivity contribution in [2.75, 3.05) is 12.3 Å². The van der Waals surface area contributed by atoms with Crippen molar-refractivity contribution in [2.24, 2.45) is 0 Å². The molecule has 0 saturated carbocycles. The number of nitrogens with zero attached hydrogens (tertiary/aromatic N) is 1. The van der Waals surface area contributed by atoms with Crippen molar-refractivity contribution in [3.63, 3.8) is 0 Å². The van der Waals surface area contributed by atoms with Crippen molar-refractivity contribution in [1.82, 2.24) is 10.3 Å². The van der Waals surface area contributed by atoms with E-state index in [1.807, 2.05) is 12.3 Å². The summed E-state index contributed by atoms with van der Waals surface area (Å²) in [6, 6.07) is 8.32. The Hall–Kier alpha value is -1.33. The molecule has 1 amide bonds. The molecule has 0 aliphatic rings. The van der Waals surface area contributed by atoms with Crippen molar-refractivity contribution < 1.29 is 4.79 Å². The Balaban J connectivity index is 1.92. The molecule has 1 aromatic heterocycles. The molecule has 1 heterocycles. The predicted octanol–water partition coefficient (Wildman–Crippen LogP) is 3.74. The van der Waals surface area contributed by atoms with E-state index in [0.29, 0.717) is 5.75 Å². The Morgan fingerprint density at radius 1 is 1.35 bits per heavy atom. The Kier molecular flexibility index (Phi) is 5.61. The zero-order valence-corrected chi connectivity index (χ0v) is 13.3. The third-order valence-electron chi connectivity index (χ3n) is 2.73. The number of carbonyl (C=O) groups excluding carboxylic acids is 1. The van der Waals surface area contributed by atoms with Crippen LogP contribution in [-0.4, -0.2) is 23.2 Å². The number of thiazole rings is 1. The van der Waals surface area contributed by atoms with Crippen LogP contribution in [0.4, 0.5) is 0 Å². The van der Waals surface area contributed by atoms with Gasteiger partial charge in [0.2, 0.25) is 5.91 Å². The minimum absolute atomic E-state index is 0.0731. The summed E-state index contributed by atoms with van der Waals surface area (Å²) >= 11 is 3.08. The lowest BCUT2D eigenvalue weighted by molar-refractivity contribution is -0.118. The molecular formula is C15H18N2OS2. The van der Waals surface area contributed by atoms with Gasteiger partial charge in [0, 0.05) is 17.5 Å². The average Bonchev–Trinajstić information content (AvgIpc) is 2.92. The molecule has 106 valence electrons. The van der Waals surface area contributed by atoms with Gasteiger partial charge in [0.25, 0.3) is 0 Å². The van der Waals surface area contributed by atoms with Crippen molar-refractivity contribution >= 4 is 29.0 Å². The molecule has 20 heavy (non-hydrogen) atoms. The number of thioether (sulfide) groups is 1. The predicted molar refractivity (Wildman–Crippen MR) is 86.3 cm³/mol. The van der Waals surface area contributed by atoms with E-state index in [-0.39, 0.29) is 5.91 Å². The van der Waals surface area contributed by atoms with Gasteiger partial charge in [-0.1, -0.05) is 48.5 Å². The minimum Gasteiger partial charge on any atom is -0.355 e. The molecule has 2 rings (SSSR count). The molecule has 0 atom stereocenters. The molecule has 0 unspecified atom stereocenters. The maximum Gasteiger partial charge on any atom is 0.230 e. The third-order valence-corrected chi connectivity index (χ3v) is 4.75. The van der Waals surface area contributed by atoms with Gasteiger partial charge in [0.05, 0.1) is 11.4 Å². The molecule has 0 aliphatic carbocycles. The topological polar surface area (TPSA) is 42.0 Å². The average molecular weight is 306 g/mol. The molecule has 3 nitrogen and oxygen atoms in total. The van der Waals surface area contributed by atoms with Gasteiger partial charge in [-0.15, -0.1) is 11.3 Å². The monoisotopic (exact) mass is 306 g/mol. The lowest BCUT2D eigenvalue weighted by Crippen LogP contribution is -2.25. The highest BCUT2D eigenvalue weighted by Gasteiger charge is 2.07. The van der Waals surface area contributed by atoms with Crippen LogP contribution in [0.15, 0.2) is 34.0 Å². The first-order chi connectivity index (χ1) is 9.69. The summed E-state index contributed by atoms with van der Waals surface area (Å²) in [7, 11) is 0. The highest BCUT2D eigenvalue weighted by atomic mass is 32.2. The van der Waals surface area contributed by atoms with E-state index in [4.69, 9.17) is 0 Å². The van der Waals surface area contributed by atoms with E-state index < -0.39 is 0 Å². The fourth-order valence-corrected chi connectivity index (χ4v) is 3.29. The van der Waals surface area contributed by atoms with E-state index in [1.165, 1.54) is 17.3 Å². The molecule has 1 N–H and O–H groups in total. The van der Waals surface area contributed by atoms with Crippen molar-refractivity contribution in [3.8, 4) is 11.3 Å². The van der Waals surface area contributed by atoms with Crippen LogP contribution in [0.1, 0.15) is 18.9 Å². The molecule has 1 aromatic carbocycles. The van der Waals surface area contributed by atoms with Crippen LogP contribution in [0.3, 0.4) is 0 Å². The number of aryl methyl sites for hydroxylation is 1.